The molecule has 0 bridgehead atoms. The Balaban J connectivity index is 1.73. The largest absolute Gasteiger partial charge is 0.235 e. The van der Waals surface area contributed by atoms with Crippen molar-refractivity contribution in [2.45, 2.75) is 128 Å². The number of thiazole rings is 1. The SMILES string of the molecule is CCCCCCCCCCCCCCCCCCSc1nc(C)c(C)s1. The van der Waals surface area contributed by atoms with Crippen LogP contribution in [-0.4, -0.2) is 10.7 Å². The Morgan fingerprint density at radius 1 is 0.654 bits per heavy atom. The standard InChI is InChI=1S/C23H43NS2/c1-4-5-6-7-8-9-10-11-12-13-14-15-16-17-18-19-20-25-23-24-21(2)22(3)26-23/h4-20H2,1-3H3. The molecule has 0 radical (unpaired) electrons. The molecule has 0 aromatic carbocycles. The van der Waals surface area contributed by atoms with Crippen molar-refractivity contribution in [1.29, 1.82) is 0 Å². The Morgan fingerprint density at radius 3 is 1.46 bits per heavy atom. The number of thioether (sulfide) groups is 1. The highest BCUT2D eigenvalue weighted by molar-refractivity contribution is 8.01. The first-order valence-electron chi connectivity index (χ1n) is 11.3. The molecule has 0 unspecified atom stereocenters. The smallest absolute Gasteiger partial charge is 0.150 e. The highest BCUT2D eigenvalue weighted by Gasteiger charge is 2.03. The molecule has 1 heterocycles. The predicted molar refractivity (Wildman–Crippen MR) is 122 cm³/mol. The van der Waals surface area contributed by atoms with E-state index in [9.17, 15) is 0 Å². The van der Waals surface area contributed by atoms with Crippen molar-refractivity contribution < 1.29 is 0 Å². The summed E-state index contributed by atoms with van der Waals surface area (Å²) in [6.45, 7) is 6.58. The molecular formula is C23H43NS2. The van der Waals surface area contributed by atoms with Crippen molar-refractivity contribution in [2.75, 3.05) is 5.75 Å². The van der Waals surface area contributed by atoms with Crippen LogP contribution in [0.15, 0.2) is 4.34 Å². The van der Waals surface area contributed by atoms with Gasteiger partial charge in [0, 0.05) is 10.6 Å². The molecule has 3 heteroatoms. The van der Waals surface area contributed by atoms with Crippen LogP contribution in [0, 0.1) is 13.8 Å². The minimum Gasteiger partial charge on any atom is -0.235 e. The van der Waals surface area contributed by atoms with E-state index in [1.54, 1.807) is 0 Å². The van der Waals surface area contributed by atoms with Gasteiger partial charge in [-0.15, -0.1) is 11.3 Å². The maximum absolute atomic E-state index is 4.60. The number of nitrogens with zero attached hydrogens (tertiary/aromatic N) is 1. The van der Waals surface area contributed by atoms with E-state index in [0.717, 1.165) is 0 Å². The summed E-state index contributed by atoms with van der Waals surface area (Å²) in [5.74, 6) is 1.24. The third-order valence-electron chi connectivity index (χ3n) is 5.23. The van der Waals surface area contributed by atoms with E-state index >= 15 is 0 Å². The van der Waals surface area contributed by atoms with E-state index in [2.05, 4.69) is 25.8 Å². The molecular weight excluding hydrogens is 354 g/mol. The topological polar surface area (TPSA) is 12.9 Å². The first-order chi connectivity index (χ1) is 12.7. The third kappa shape index (κ3) is 13.2. The van der Waals surface area contributed by atoms with Crippen LogP contribution in [0.1, 0.15) is 120 Å². The number of hydrogen-bond donors (Lipinski definition) is 0. The molecule has 0 aliphatic rings. The van der Waals surface area contributed by atoms with Crippen molar-refractivity contribution in [2.24, 2.45) is 0 Å². The number of unbranched alkanes of at least 4 members (excludes halogenated alkanes) is 15. The second kappa shape index (κ2) is 17.1. The first kappa shape index (κ1) is 24.0. The van der Waals surface area contributed by atoms with Crippen LogP contribution < -0.4 is 0 Å². The van der Waals surface area contributed by atoms with Crippen molar-refractivity contribution in [3.8, 4) is 0 Å². The number of rotatable bonds is 18. The van der Waals surface area contributed by atoms with Gasteiger partial charge < -0.3 is 0 Å². The van der Waals surface area contributed by atoms with Gasteiger partial charge in [-0.3, -0.25) is 0 Å². The van der Waals surface area contributed by atoms with Crippen molar-refractivity contribution in [3.05, 3.63) is 10.6 Å². The molecule has 0 spiro atoms. The van der Waals surface area contributed by atoms with Crippen LogP contribution in [0.3, 0.4) is 0 Å². The molecule has 0 aliphatic heterocycles. The van der Waals surface area contributed by atoms with E-state index in [-0.39, 0.29) is 0 Å². The normalized spacial score (nSPS) is 11.3. The van der Waals surface area contributed by atoms with E-state index in [4.69, 9.17) is 0 Å². The molecule has 26 heavy (non-hydrogen) atoms. The van der Waals surface area contributed by atoms with Gasteiger partial charge >= 0.3 is 0 Å². The van der Waals surface area contributed by atoms with Crippen molar-refractivity contribution in [1.82, 2.24) is 4.98 Å². The van der Waals surface area contributed by atoms with Gasteiger partial charge in [-0.2, -0.15) is 0 Å². The Morgan fingerprint density at radius 2 is 1.08 bits per heavy atom. The lowest BCUT2D eigenvalue weighted by Gasteiger charge is -2.03. The van der Waals surface area contributed by atoms with Gasteiger partial charge in [0.2, 0.25) is 0 Å². The average Bonchev–Trinajstić information content (AvgIpc) is 2.95. The zero-order valence-electron chi connectivity index (χ0n) is 17.8. The Hall–Kier alpha value is -0.0200. The monoisotopic (exact) mass is 397 g/mol. The van der Waals surface area contributed by atoms with E-state index < -0.39 is 0 Å². The average molecular weight is 398 g/mol. The number of aromatic nitrogens is 1. The fourth-order valence-electron chi connectivity index (χ4n) is 3.31. The minimum atomic E-state index is 1.21. The van der Waals surface area contributed by atoms with Gasteiger partial charge in [0.1, 0.15) is 4.34 Å². The van der Waals surface area contributed by atoms with Crippen LogP contribution in [0.4, 0.5) is 0 Å². The van der Waals surface area contributed by atoms with Gasteiger partial charge in [0.05, 0.1) is 5.69 Å². The highest BCUT2D eigenvalue weighted by Crippen LogP contribution is 2.27. The summed E-state index contributed by atoms with van der Waals surface area (Å²) in [6, 6.07) is 0. The Kier molecular flexibility index (Phi) is 15.8. The molecule has 0 aliphatic carbocycles. The van der Waals surface area contributed by atoms with Crippen molar-refractivity contribution in [3.63, 3.8) is 0 Å². The van der Waals surface area contributed by atoms with Crippen LogP contribution in [0.5, 0.6) is 0 Å². The quantitative estimate of drug-likeness (QED) is 0.181. The van der Waals surface area contributed by atoms with Gasteiger partial charge in [-0.25, -0.2) is 4.98 Å². The summed E-state index contributed by atoms with van der Waals surface area (Å²) in [6.07, 6.45) is 23.1. The molecule has 1 aromatic heterocycles. The molecule has 0 fully saturated rings. The first-order valence-corrected chi connectivity index (χ1v) is 13.1. The maximum atomic E-state index is 4.60. The van der Waals surface area contributed by atoms with Crippen molar-refractivity contribution >= 4 is 23.1 Å². The molecule has 0 saturated carbocycles. The summed E-state index contributed by atoms with van der Waals surface area (Å²) in [5.41, 5.74) is 1.21. The van der Waals surface area contributed by atoms with Gasteiger partial charge in [0.15, 0.2) is 0 Å². The summed E-state index contributed by atoms with van der Waals surface area (Å²) >= 11 is 3.80. The molecule has 0 saturated heterocycles. The predicted octanol–water partition coefficient (Wildman–Crippen LogP) is 9.11. The van der Waals surface area contributed by atoms with E-state index in [1.807, 2.05) is 23.1 Å². The Bertz CT molecular complexity index is 408. The lowest BCUT2D eigenvalue weighted by atomic mass is 10.0. The number of hydrogen-bond acceptors (Lipinski definition) is 3. The molecule has 1 aromatic rings. The second-order valence-corrected chi connectivity index (χ2v) is 10.3. The van der Waals surface area contributed by atoms with Crippen LogP contribution in [-0.2, 0) is 0 Å². The van der Waals surface area contributed by atoms with Crippen LogP contribution in [0.25, 0.3) is 0 Å². The maximum Gasteiger partial charge on any atom is 0.150 e. The van der Waals surface area contributed by atoms with E-state index in [1.165, 1.54) is 123 Å². The van der Waals surface area contributed by atoms with Crippen LogP contribution in [0.2, 0.25) is 0 Å². The molecule has 0 amide bonds. The third-order valence-corrected chi connectivity index (χ3v) is 7.53. The number of aryl methyl sites for hydroxylation is 2. The summed E-state index contributed by atoms with van der Waals surface area (Å²) in [4.78, 5) is 5.98. The zero-order valence-corrected chi connectivity index (χ0v) is 19.4. The fourth-order valence-corrected chi connectivity index (χ4v) is 5.54. The lowest BCUT2D eigenvalue weighted by molar-refractivity contribution is 0.531. The molecule has 1 rings (SSSR count). The summed E-state index contributed by atoms with van der Waals surface area (Å²) in [5, 5.41) is 0. The molecule has 1 nitrogen and oxygen atoms in total. The van der Waals surface area contributed by atoms with E-state index in [0.29, 0.717) is 0 Å². The lowest BCUT2D eigenvalue weighted by Crippen LogP contribution is -1.84. The van der Waals surface area contributed by atoms with Crippen LogP contribution >= 0.6 is 23.1 Å². The Labute approximate surface area is 172 Å². The molecule has 0 atom stereocenters. The summed E-state index contributed by atoms with van der Waals surface area (Å²) in [7, 11) is 0. The fraction of sp³-hybridized carbons (Fsp3) is 0.870. The minimum absolute atomic E-state index is 1.21. The second-order valence-electron chi connectivity index (χ2n) is 7.77. The molecule has 152 valence electrons. The van der Waals surface area contributed by atoms with Gasteiger partial charge in [-0.05, 0) is 20.3 Å². The molecule has 0 N–H and O–H groups in total. The summed E-state index contributed by atoms with van der Waals surface area (Å²) < 4.78 is 1.26. The van der Waals surface area contributed by atoms with Gasteiger partial charge in [-0.1, -0.05) is 115 Å². The highest BCUT2D eigenvalue weighted by atomic mass is 32.2. The van der Waals surface area contributed by atoms with Gasteiger partial charge in [0.25, 0.3) is 0 Å². The zero-order chi connectivity index (χ0) is 18.9.